The van der Waals surface area contributed by atoms with Gasteiger partial charge in [-0.1, -0.05) is 175 Å². The van der Waals surface area contributed by atoms with Gasteiger partial charge in [-0.05, 0) is 52.4 Å². The van der Waals surface area contributed by atoms with Gasteiger partial charge in [-0.2, -0.15) is 5.26 Å². The predicted molar refractivity (Wildman–Crippen MR) is 271 cm³/mol. The summed E-state index contributed by atoms with van der Waals surface area (Å²) >= 11 is 0. The molecular formula is C56H33B4N7. The highest BCUT2D eigenvalue weighted by Crippen LogP contribution is 2.38. The minimum Gasteiger partial charge on any atom is -0.208 e. The molecule has 0 aliphatic rings. The number of terminal acetylenes is 1. The van der Waals surface area contributed by atoms with Crippen LogP contribution in [-0.4, -0.2) is 61.3 Å². The van der Waals surface area contributed by atoms with Gasteiger partial charge in [0.25, 0.3) is 0 Å². The SMILES string of the molecule is [B]/C(C#C)=C([B])/C([B])=C(/[B])Cc1cc(-c2nc(-c3ccccc3)nc(-c3cccc(-c4ccccc4C#N)c3)n2)ccc1-c1ccccc1-c1nc(-c2ccccc2)nc(-c2ccccc2)n1. The third-order valence-electron chi connectivity index (χ3n) is 11.1. The Kier molecular flexibility index (Phi) is 12.8. The van der Waals surface area contributed by atoms with E-state index in [-0.39, 0.29) is 28.3 Å². The highest BCUT2D eigenvalue weighted by Gasteiger charge is 2.20. The van der Waals surface area contributed by atoms with Gasteiger partial charge < -0.3 is 0 Å². The van der Waals surface area contributed by atoms with Crippen molar-refractivity contribution in [1.82, 2.24) is 29.9 Å². The molecule has 9 rings (SSSR count). The average molecular weight is 847 g/mol. The van der Waals surface area contributed by atoms with Crippen LogP contribution in [0.2, 0.25) is 0 Å². The molecule has 0 aliphatic carbocycles. The molecule has 0 saturated carbocycles. The Morgan fingerprint density at radius 3 is 1.37 bits per heavy atom. The normalized spacial score (nSPS) is 11.7. The number of aromatic nitrogens is 6. The van der Waals surface area contributed by atoms with E-state index in [9.17, 15) is 5.26 Å². The molecule has 0 spiro atoms. The van der Waals surface area contributed by atoms with Crippen molar-refractivity contribution in [3.63, 3.8) is 0 Å². The third-order valence-corrected chi connectivity index (χ3v) is 11.1. The van der Waals surface area contributed by atoms with Crippen LogP contribution in [0.1, 0.15) is 11.1 Å². The molecule has 9 aromatic rings. The summed E-state index contributed by atoms with van der Waals surface area (Å²) in [5.74, 6) is 5.23. The van der Waals surface area contributed by atoms with Crippen LogP contribution in [0, 0.1) is 23.7 Å². The molecule has 2 heterocycles. The molecule has 0 aliphatic heterocycles. The van der Waals surface area contributed by atoms with Crippen LogP contribution in [-0.2, 0) is 6.42 Å². The van der Waals surface area contributed by atoms with Gasteiger partial charge in [0.1, 0.15) is 31.4 Å². The zero-order valence-corrected chi connectivity index (χ0v) is 36.0. The standard InChI is InChI=1S/C56H33B4N7/c1-2-47(57)49(59)50(60)48(58)33-42-32-40(55-64-51(35-17-6-3-7-18-35)63-54(65-55)39-25-16-24-38(31-39)43-26-13-12-23-41(43)34-61)29-30-44(42)45-27-14-15-28-46(45)56-66-52(36-19-8-4-9-20-36)62-53(67-56)37-21-10-5-11-22-37/h1,3-32H,33H2/b49-47-,50-48-. The van der Waals surface area contributed by atoms with Crippen LogP contribution in [0.5, 0.6) is 0 Å². The van der Waals surface area contributed by atoms with E-state index in [2.05, 4.69) is 12.0 Å². The first-order valence-electron chi connectivity index (χ1n) is 21.3. The van der Waals surface area contributed by atoms with Gasteiger partial charge in [0, 0.05) is 33.4 Å². The van der Waals surface area contributed by atoms with Crippen molar-refractivity contribution in [1.29, 1.82) is 5.26 Å². The first-order valence-corrected chi connectivity index (χ1v) is 21.3. The summed E-state index contributed by atoms with van der Waals surface area (Å²) in [6.45, 7) is 0. The summed E-state index contributed by atoms with van der Waals surface area (Å²) in [4.78, 5) is 30.2. The Bertz CT molecular complexity index is 3400. The number of allylic oxidation sites excluding steroid dienone is 4. The molecule has 7 aromatic carbocycles. The van der Waals surface area contributed by atoms with Crippen LogP contribution >= 0.6 is 0 Å². The Morgan fingerprint density at radius 1 is 0.403 bits per heavy atom. The fraction of sp³-hybridized carbons (Fsp3) is 0.0179. The zero-order chi connectivity index (χ0) is 46.3. The smallest absolute Gasteiger partial charge is 0.164 e. The number of rotatable bonds is 11. The number of hydrogen-bond acceptors (Lipinski definition) is 7. The first kappa shape index (κ1) is 43.6. The van der Waals surface area contributed by atoms with Gasteiger partial charge in [0.05, 0.1) is 11.6 Å². The second kappa shape index (κ2) is 19.6. The van der Waals surface area contributed by atoms with E-state index in [1.807, 2.05) is 176 Å². The summed E-state index contributed by atoms with van der Waals surface area (Å²) in [6.07, 6.45) is 5.73. The molecule has 0 unspecified atom stereocenters. The molecule has 2 aromatic heterocycles. The average Bonchev–Trinajstić information content (AvgIpc) is 3.40. The Balaban J connectivity index is 1.24. The van der Waals surface area contributed by atoms with E-state index in [1.54, 1.807) is 6.07 Å². The molecule has 0 fully saturated rings. The van der Waals surface area contributed by atoms with Crippen molar-refractivity contribution in [3.8, 4) is 109 Å². The molecule has 0 saturated heterocycles. The number of nitriles is 1. The lowest BCUT2D eigenvalue weighted by atomic mass is 9.65. The van der Waals surface area contributed by atoms with E-state index < -0.39 is 0 Å². The van der Waals surface area contributed by atoms with Crippen LogP contribution in [0.25, 0.3) is 90.6 Å². The lowest BCUT2D eigenvalue weighted by Gasteiger charge is -2.18. The van der Waals surface area contributed by atoms with Gasteiger partial charge in [-0.15, -0.1) is 22.8 Å². The maximum absolute atomic E-state index is 9.90. The second-order valence-corrected chi connectivity index (χ2v) is 15.5. The maximum atomic E-state index is 9.90. The topological polar surface area (TPSA) is 101 Å². The molecule has 11 heteroatoms. The van der Waals surface area contributed by atoms with Gasteiger partial charge in [-0.25, -0.2) is 29.9 Å². The van der Waals surface area contributed by atoms with Gasteiger partial charge in [-0.3, -0.25) is 0 Å². The van der Waals surface area contributed by atoms with Gasteiger partial charge >= 0.3 is 0 Å². The summed E-state index contributed by atoms with van der Waals surface area (Å²) in [5, 5.41) is 9.90. The van der Waals surface area contributed by atoms with E-state index in [1.165, 1.54) is 0 Å². The predicted octanol–water partition coefficient (Wildman–Crippen LogP) is 10.5. The molecule has 67 heavy (non-hydrogen) atoms. The van der Waals surface area contributed by atoms with Crippen LogP contribution < -0.4 is 0 Å². The van der Waals surface area contributed by atoms with Crippen LogP contribution in [0.4, 0.5) is 0 Å². The fourth-order valence-corrected chi connectivity index (χ4v) is 7.69. The number of hydrogen-bond donors (Lipinski definition) is 0. The quantitative estimate of drug-likeness (QED) is 0.0726. The number of nitrogens with zero attached hydrogens (tertiary/aromatic N) is 7. The van der Waals surface area contributed by atoms with Crippen molar-refractivity contribution < 1.29 is 0 Å². The lowest BCUT2D eigenvalue weighted by molar-refractivity contribution is 1.07. The van der Waals surface area contributed by atoms with Crippen LogP contribution in [0.3, 0.4) is 0 Å². The minimum absolute atomic E-state index is 0.0133. The largest absolute Gasteiger partial charge is 0.208 e. The summed E-state index contributed by atoms with van der Waals surface area (Å²) in [5.41, 5.74) is 9.61. The maximum Gasteiger partial charge on any atom is 0.164 e. The number of benzene rings is 7. The Labute approximate surface area is 395 Å². The fourth-order valence-electron chi connectivity index (χ4n) is 7.69. The molecular weight excluding hydrogens is 814 g/mol. The van der Waals surface area contributed by atoms with Gasteiger partial charge in [0.2, 0.25) is 0 Å². The summed E-state index contributed by atoms with van der Waals surface area (Å²) in [6, 6.07) is 60.9. The molecule has 0 amide bonds. The van der Waals surface area contributed by atoms with E-state index in [0.29, 0.717) is 46.1 Å². The lowest BCUT2D eigenvalue weighted by Crippen LogP contribution is -2.05. The monoisotopic (exact) mass is 847 g/mol. The van der Waals surface area contributed by atoms with E-state index >= 15 is 0 Å². The molecule has 7 nitrogen and oxygen atoms in total. The van der Waals surface area contributed by atoms with E-state index in [0.717, 1.165) is 55.6 Å². The Hall–Kier alpha value is -8.65. The minimum atomic E-state index is -0.0237. The van der Waals surface area contributed by atoms with Crippen molar-refractivity contribution in [2.24, 2.45) is 0 Å². The molecule has 8 radical (unpaired) electrons. The third kappa shape index (κ3) is 9.45. The second-order valence-electron chi connectivity index (χ2n) is 15.5. The molecule has 0 atom stereocenters. The summed E-state index contributed by atoms with van der Waals surface area (Å²) < 4.78 is 0. The van der Waals surface area contributed by atoms with Gasteiger partial charge in [0.15, 0.2) is 34.9 Å². The van der Waals surface area contributed by atoms with Crippen molar-refractivity contribution in [2.45, 2.75) is 6.42 Å². The highest BCUT2D eigenvalue weighted by atomic mass is 15.0. The summed E-state index contributed by atoms with van der Waals surface area (Å²) in [7, 11) is 25.7. The molecule has 304 valence electrons. The first-order chi connectivity index (χ1) is 32.8. The van der Waals surface area contributed by atoms with E-state index in [4.69, 9.17) is 67.7 Å². The van der Waals surface area contributed by atoms with Crippen molar-refractivity contribution in [3.05, 3.63) is 215 Å². The zero-order valence-electron chi connectivity index (χ0n) is 36.0. The highest BCUT2D eigenvalue weighted by molar-refractivity contribution is 6.44. The molecule has 0 N–H and O–H groups in total. The van der Waals surface area contributed by atoms with Crippen LogP contribution in [0.15, 0.2) is 204 Å². The van der Waals surface area contributed by atoms with Crippen molar-refractivity contribution >= 4 is 31.4 Å². The Morgan fingerprint density at radius 2 is 0.836 bits per heavy atom. The van der Waals surface area contributed by atoms with Crippen molar-refractivity contribution in [2.75, 3.05) is 0 Å². The molecule has 0 bridgehead atoms.